The maximum absolute atomic E-state index is 12.9. The van der Waals surface area contributed by atoms with Gasteiger partial charge in [0.1, 0.15) is 11.4 Å². The van der Waals surface area contributed by atoms with Gasteiger partial charge in [-0.3, -0.25) is 14.6 Å². The minimum absolute atomic E-state index is 0.0147. The van der Waals surface area contributed by atoms with Gasteiger partial charge in [-0.2, -0.15) is 0 Å². The van der Waals surface area contributed by atoms with Crippen molar-refractivity contribution < 1.29 is 24.2 Å². The van der Waals surface area contributed by atoms with Gasteiger partial charge < -0.3 is 25.2 Å². The van der Waals surface area contributed by atoms with Gasteiger partial charge in [-0.25, -0.2) is 0 Å². The van der Waals surface area contributed by atoms with Gasteiger partial charge in [0.25, 0.3) is 11.8 Å². The van der Waals surface area contributed by atoms with Gasteiger partial charge in [0.15, 0.2) is 11.5 Å². The Bertz CT molecular complexity index is 1100. The van der Waals surface area contributed by atoms with Crippen molar-refractivity contribution >= 4 is 23.6 Å². The van der Waals surface area contributed by atoms with Crippen molar-refractivity contribution in [3.05, 3.63) is 83.8 Å². The monoisotopic (exact) mass is 419 g/mol. The Labute approximate surface area is 179 Å². The fourth-order valence-electron chi connectivity index (χ4n) is 2.70. The van der Waals surface area contributed by atoms with Crippen LogP contribution >= 0.6 is 0 Å². The molecule has 0 bridgehead atoms. The number of amides is 2. The SMILES string of the molecule is COc1ccc(C(=O)N/C(=C\c2cccnc2)C(=O)Nc2ccc(O)cc2)cc1OC. The molecule has 0 aliphatic carbocycles. The largest absolute Gasteiger partial charge is 0.508 e. The summed E-state index contributed by atoms with van der Waals surface area (Å²) in [5.74, 6) is -0.0945. The van der Waals surface area contributed by atoms with Crippen molar-refractivity contribution in [2.45, 2.75) is 0 Å². The lowest BCUT2D eigenvalue weighted by molar-refractivity contribution is -0.113. The van der Waals surface area contributed by atoms with Crippen molar-refractivity contribution in [3.8, 4) is 17.2 Å². The maximum atomic E-state index is 12.9. The third kappa shape index (κ3) is 5.60. The number of hydrogen-bond donors (Lipinski definition) is 3. The number of aromatic hydroxyl groups is 1. The number of carbonyl (C=O) groups is 2. The minimum atomic E-state index is -0.539. The van der Waals surface area contributed by atoms with Gasteiger partial charge >= 0.3 is 0 Å². The van der Waals surface area contributed by atoms with Crippen molar-refractivity contribution in [2.24, 2.45) is 0 Å². The van der Waals surface area contributed by atoms with Gasteiger partial charge in [0, 0.05) is 23.6 Å². The van der Waals surface area contributed by atoms with Crippen molar-refractivity contribution in [3.63, 3.8) is 0 Å². The minimum Gasteiger partial charge on any atom is -0.508 e. The van der Waals surface area contributed by atoms with E-state index in [2.05, 4.69) is 15.6 Å². The summed E-state index contributed by atoms with van der Waals surface area (Å²) in [6.07, 6.45) is 4.69. The summed E-state index contributed by atoms with van der Waals surface area (Å²) in [5.41, 5.74) is 1.39. The summed E-state index contributed by atoms with van der Waals surface area (Å²) in [7, 11) is 2.97. The highest BCUT2D eigenvalue weighted by atomic mass is 16.5. The molecule has 0 saturated carbocycles. The molecule has 0 unspecified atom stereocenters. The molecule has 2 aromatic carbocycles. The van der Waals surface area contributed by atoms with Crippen LogP contribution in [0.4, 0.5) is 5.69 Å². The Morgan fingerprint density at radius 1 is 1.00 bits per heavy atom. The highest BCUT2D eigenvalue weighted by Crippen LogP contribution is 2.27. The van der Waals surface area contributed by atoms with Crippen LogP contribution < -0.4 is 20.1 Å². The molecule has 3 rings (SSSR count). The van der Waals surface area contributed by atoms with E-state index in [1.807, 2.05) is 0 Å². The molecular formula is C23H21N3O5. The number of nitrogens with one attached hydrogen (secondary N) is 2. The number of hydrogen-bond acceptors (Lipinski definition) is 6. The number of rotatable bonds is 7. The number of anilines is 1. The number of phenolic OH excluding ortho intramolecular Hbond substituents is 1. The van der Waals surface area contributed by atoms with E-state index >= 15 is 0 Å². The van der Waals surface area contributed by atoms with Gasteiger partial charge in [0.2, 0.25) is 0 Å². The van der Waals surface area contributed by atoms with Crippen LogP contribution in [-0.4, -0.2) is 36.1 Å². The summed E-state index contributed by atoms with van der Waals surface area (Å²) in [6, 6.07) is 14.2. The molecule has 0 spiro atoms. The zero-order valence-corrected chi connectivity index (χ0v) is 17.0. The molecule has 0 aliphatic heterocycles. The molecule has 0 fully saturated rings. The first kappa shape index (κ1) is 21.4. The fraction of sp³-hybridized carbons (Fsp3) is 0.0870. The van der Waals surface area contributed by atoms with Crippen LogP contribution in [0.15, 0.2) is 72.7 Å². The summed E-state index contributed by atoms with van der Waals surface area (Å²) < 4.78 is 10.4. The predicted molar refractivity (Wildman–Crippen MR) is 116 cm³/mol. The number of methoxy groups -OCH3 is 2. The lowest BCUT2D eigenvalue weighted by atomic mass is 10.1. The van der Waals surface area contributed by atoms with Crippen molar-refractivity contribution in [1.29, 1.82) is 0 Å². The van der Waals surface area contributed by atoms with E-state index in [9.17, 15) is 14.7 Å². The molecule has 1 heterocycles. The molecule has 0 atom stereocenters. The first-order valence-corrected chi connectivity index (χ1v) is 9.25. The second kappa shape index (κ2) is 9.93. The number of carbonyl (C=O) groups excluding carboxylic acids is 2. The summed E-state index contributed by atoms with van der Waals surface area (Å²) in [5, 5.41) is 14.7. The number of aromatic nitrogens is 1. The predicted octanol–water partition coefficient (Wildman–Crippen LogP) is 3.21. The molecule has 3 aromatic rings. The van der Waals surface area contributed by atoms with Crippen LogP contribution in [0.25, 0.3) is 6.08 Å². The average molecular weight is 419 g/mol. The van der Waals surface area contributed by atoms with Gasteiger partial charge in [-0.15, -0.1) is 0 Å². The van der Waals surface area contributed by atoms with E-state index in [0.717, 1.165) is 0 Å². The van der Waals surface area contributed by atoms with Crippen LogP contribution in [0, 0.1) is 0 Å². The van der Waals surface area contributed by atoms with Crippen LogP contribution in [0.5, 0.6) is 17.2 Å². The molecule has 1 aromatic heterocycles. The normalized spacial score (nSPS) is 10.8. The molecule has 8 heteroatoms. The molecule has 8 nitrogen and oxygen atoms in total. The van der Waals surface area contributed by atoms with Crippen molar-refractivity contribution in [1.82, 2.24) is 10.3 Å². The first-order valence-electron chi connectivity index (χ1n) is 9.25. The van der Waals surface area contributed by atoms with Crippen molar-refractivity contribution in [2.75, 3.05) is 19.5 Å². The van der Waals surface area contributed by atoms with Gasteiger partial charge in [0.05, 0.1) is 14.2 Å². The number of pyridine rings is 1. The molecule has 2 amide bonds. The molecule has 0 radical (unpaired) electrons. The van der Waals surface area contributed by atoms with E-state index in [0.29, 0.717) is 22.7 Å². The fourth-order valence-corrected chi connectivity index (χ4v) is 2.70. The highest BCUT2D eigenvalue weighted by molar-refractivity contribution is 6.10. The Kier molecular flexibility index (Phi) is 6.85. The van der Waals surface area contributed by atoms with Crippen LogP contribution in [0.2, 0.25) is 0 Å². The molecule has 0 saturated heterocycles. The van der Waals surface area contributed by atoms with E-state index in [1.54, 1.807) is 48.8 Å². The quantitative estimate of drug-likeness (QED) is 0.401. The second-order valence-electron chi connectivity index (χ2n) is 6.37. The van der Waals surface area contributed by atoms with Crippen LogP contribution in [0.1, 0.15) is 15.9 Å². The van der Waals surface area contributed by atoms with E-state index in [4.69, 9.17) is 9.47 Å². The smallest absolute Gasteiger partial charge is 0.272 e. The third-order valence-corrected chi connectivity index (χ3v) is 4.26. The Morgan fingerprint density at radius 2 is 1.74 bits per heavy atom. The standard InChI is InChI=1S/C23H21N3O5/c1-30-20-10-5-16(13-21(20)31-2)22(28)26-19(12-15-4-3-11-24-14-15)23(29)25-17-6-8-18(27)9-7-17/h3-14,27H,1-2H3,(H,25,29)(H,26,28)/b19-12-. The number of phenols is 1. The maximum Gasteiger partial charge on any atom is 0.272 e. The summed E-state index contributed by atoms with van der Waals surface area (Å²) in [6.45, 7) is 0. The summed E-state index contributed by atoms with van der Waals surface area (Å²) in [4.78, 5) is 29.7. The number of ether oxygens (including phenoxy) is 2. The van der Waals surface area contributed by atoms with Gasteiger partial charge in [-0.1, -0.05) is 6.07 Å². The van der Waals surface area contributed by atoms with E-state index < -0.39 is 11.8 Å². The topological polar surface area (TPSA) is 110 Å². The third-order valence-electron chi connectivity index (χ3n) is 4.26. The molecule has 0 aliphatic rings. The number of nitrogens with zero attached hydrogens (tertiary/aromatic N) is 1. The Balaban J connectivity index is 1.87. The van der Waals surface area contributed by atoms with Crippen LogP contribution in [-0.2, 0) is 4.79 Å². The first-order chi connectivity index (χ1) is 15.0. The average Bonchev–Trinajstić information content (AvgIpc) is 2.80. The zero-order valence-electron chi connectivity index (χ0n) is 17.0. The van der Waals surface area contributed by atoms with E-state index in [1.165, 1.54) is 38.5 Å². The molecule has 158 valence electrons. The number of benzene rings is 2. The van der Waals surface area contributed by atoms with E-state index in [-0.39, 0.29) is 17.0 Å². The highest BCUT2D eigenvalue weighted by Gasteiger charge is 2.17. The van der Waals surface area contributed by atoms with Crippen LogP contribution in [0.3, 0.4) is 0 Å². The Morgan fingerprint density at radius 3 is 2.39 bits per heavy atom. The van der Waals surface area contributed by atoms with Gasteiger partial charge in [-0.05, 0) is 60.2 Å². The second-order valence-corrected chi connectivity index (χ2v) is 6.37. The lowest BCUT2D eigenvalue weighted by Gasteiger charge is -2.13. The lowest BCUT2D eigenvalue weighted by Crippen LogP contribution is -2.30. The molecule has 3 N–H and O–H groups in total. The summed E-state index contributed by atoms with van der Waals surface area (Å²) >= 11 is 0. The molecular weight excluding hydrogens is 398 g/mol. The Hall–Kier alpha value is -4.33. The molecule has 31 heavy (non-hydrogen) atoms. The zero-order chi connectivity index (χ0) is 22.2.